The van der Waals surface area contributed by atoms with Crippen molar-refractivity contribution in [3.8, 4) is 0 Å². The second-order valence-corrected chi connectivity index (χ2v) is 2.84. The molecule has 1 N–H and O–H groups in total. The van der Waals surface area contributed by atoms with E-state index in [4.69, 9.17) is 0 Å². The van der Waals surface area contributed by atoms with Crippen LogP contribution >= 0.6 is 0 Å². The third-order valence-corrected chi connectivity index (χ3v) is 0.988. The lowest BCUT2D eigenvalue weighted by Gasteiger charge is -2.04. The Morgan fingerprint density at radius 1 is 1.55 bits per heavy atom. The molecule has 64 valence electrons. The topological polar surface area (TPSA) is 44.7 Å². The average Bonchev–Trinajstić information content (AvgIpc) is 1.86. The number of nitrogens with zero attached hydrogens (tertiary/aromatic N) is 2. The molecule has 0 aromatic rings. The van der Waals surface area contributed by atoms with Gasteiger partial charge in [-0.2, -0.15) is 5.10 Å². The number of rotatable bonds is 3. The lowest BCUT2D eigenvalue weighted by atomic mass is 10.2. The maximum absolute atomic E-state index is 10.9. The molecule has 4 nitrogen and oxygen atoms in total. The standard InChI is InChI=1S/C7H15N3O/c1-6(2)7(11)9-8-5-10(3)4/h5-6H,1-4H3,(H,9,11)/b8-5+. The van der Waals surface area contributed by atoms with Crippen molar-refractivity contribution in [1.82, 2.24) is 10.3 Å². The molecule has 0 spiro atoms. The molecule has 0 saturated heterocycles. The normalized spacial score (nSPS) is 10.6. The van der Waals surface area contributed by atoms with Crippen molar-refractivity contribution < 1.29 is 4.79 Å². The van der Waals surface area contributed by atoms with Gasteiger partial charge in [-0.25, -0.2) is 5.43 Å². The van der Waals surface area contributed by atoms with Gasteiger partial charge in [0.05, 0.1) is 0 Å². The monoisotopic (exact) mass is 157 g/mol. The summed E-state index contributed by atoms with van der Waals surface area (Å²) < 4.78 is 0. The van der Waals surface area contributed by atoms with E-state index in [0.29, 0.717) is 0 Å². The first-order valence-electron chi connectivity index (χ1n) is 3.53. The molecule has 0 heterocycles. The summed E-state index contributed by atoms with van der Waals surface area (Å²) in [6.45, 7) is 3.64. The van der Waals surface area contributed by atoms with E-state index in [-0.39, 0.29) is 11.8 Å². The Morgan fingerprint density at radius 2 is 2.09 bits per heavy atom. The minimum atomic E-state index is -0.0666. The molecule has 1 amide bonds. The van der Waals surface area contributed by atoms with Gasteiger partial charge in [-0.1, -0.05) is 13.8 Å². The number of carbonyl (C=O) groups is 1. The van der Waals surface area contributed by atoms with Gasteiger partial charge < -0.3 is 4.90 Å². The Kier molecular flexibility index (Phi) is 4.26. The summed E-state index contributed by atoms with van der Waals surface area (Å²) >= 11 is 0. The van der Waals surface area contributed by atoms with Crippen molar-refractivity contribution in [2.45, 2.75) is 13.8 Å². The van der Waals surface area contributed by atoms with Crippen molar-refractivity contribution in [3.63, 3.8) is 0 Å². The highest BCUT2D eigenvalue weighted by atomic mass is 16.2. The summed E-state index contributed by atoms with van der Waals surface area (Å²) in [5, 5.41) is 3.69. The summed E-state index contributed by atoms with van der Waals surface area (Å²) in [6.07, 6.45) is 1.54. The van der Waals surface area contributed by atoms with Crippen LogP contribution in [-0.4, -0.2) is 31.2 Å². The third kappa shape index (κ3) is 5.39. The molecule has 0 aliphatic rings. The summed E-state index contributed by atoms with van der Waals surface area (Å²) in [4.78, 5) is 12.6. The van der Waals surface area contributed by atoms with Gasteiger partial charge in [0.15, 0.2) is 0 Å². The molecule has 0 saturated carbocycles. The number of hydrazone groups is 1. The van der Waals surface area contributed by atoms with Crippen LogP contribution in [0.2, 0.25) is 0 Å². The van der Waals surface area contributed by atoms with Gasteiger partial charge in [0.2, 0.25) is 5.91 Å². The number of carbonyl (C=O) groups excluding carboxylic acids is 1. The maximum atomic E-state index is 10.9. The quantitative estimate of drug-likeness (QED) is 0.363. The van der Waals surface area contributed by atoms with Gasteiger partial charge in [-0.05, 0) is 0 Å². The predicted molar refractivity (Wildman–Crippen MR) is 45.2 cm³/mol. The van der Waals surface area contributed by atoms with Crippen LogP contribution in [0.25, 0.3) is 0 Å². The van der Waals surface area contributed by atoms with Crippen LogP contribution in [0.1, 0.15) is 13.8 Å². The van der Waals surface area contributed by atoms with Crippen molar-refractivity contribution in [2.75, 3.05) is 14.1 Å². The number of nitrogens with one attached hydrogen (secondary N) is 1. The second kappa shape index (κ2) is 4.71. The Bertz CT molecular complexity index is 152. The highest BCUT2D eigenvalue weighted by Crippen LogP contribution is 1.89. The van der Waals surface area contributed by atoms with E-state index >= 15 is 0 Å². The Balaban J connectivity index is 3.62. The van der Waals surface area contributed by atoms with Gasteiger partial charge in [-0.15, -0.1) is 0 Å². The Morgan fingerprint density at radius 3 is 2.45 bits per heavy atom. The lowest BCUT2D eigenvalue weighted by molar-refractivity contribution is -0.123. The molecule has 0 aromatic heterocycles. The highest BCUT2D eigenvalue weighted by molar-refractivity contribution is 5.78. The molecular weight excluding hydrogens is 142 g/mol. The first kappa shape index (κ1) is 9.94. The van der Waals surface area contributed by atoms with Crippen molar-refractivity contribution in [1.29, 1.82) is 0 Å². The van der Waals surface area contributed by atoms with Crippen LogP contribution in [0.3, 0.4) is 0 Å². The molecule has 0 aromatic carbocycles. The van der Waals surface area contributed by atoms with Crippen LogP contribution in [0, 0.1) is 5.92 Å². The SMILES string of the molecule is CC(C)C(=O)N/N=C/N(C)C. The molecule has 0 aliphatic heterocycles. The highest BCUT2D eigenvalue weighted by Gasteiger charge is 2.03. The fourth-order valence-electron chi connectivity index (χ4n) is 0.337. The molecular formula is C7H15N3O. The second-order valence-electron chi connectivity index (χ2n) is 2.84. The molecule has 0 fully saturated rings. The van der Waals surface area contributed by atoms with E-state index in [1.807, 2.05) is 27.9 Å². The van der Waals surface area contributed by atoms with E-state index in [0.717, 1.165) is 0 Å². The average molecular weight is 157 g/mol. The zero-order valence-corrected chi connectivity index (χ0v) is 7.46. The summed E-state index contributed by atoms with van der Waals surface area (Å²) in [6, 6.07) is 0. The first-order valence-corrected chi connectivity index (χ1v) is 3.53. The van der Waals surface area contributed by atoms with Crippen LogP contribution in [-0.2, 0) is 4.79 Å². The largest absolute Gasteiger partial charge is 0.367 e. The molecule has 0 aliphatic carbocycles. The number of hydrogen-bond acceptors (Lipinski definition) is 2. The van der Waals surface area contributed by atoms with E-state index in [2.05, 4.69) is 10.5 Å². The Labute approximate surface area is 67.3 Å². The Hall–Kier alpha value is -1.06. The summed E-state index contributed by atoms with van der Waals surface area (Å²) in [7, 11) is 3.68. The molecule has 0 atom stereocenters. The maximum Gasteiger partial charge on any atom is 0.242 e. The fraction of sp³-hybridized carbons (Fsp3) is 0.714. The van der Waals surface area contributed by atoms with Gasteiger partial charge >= 0.3 is 0 Å². The van der Waals surface area contributed by atoms with Crippen LogP contribution < -0.4 is 5.43 Å². The molecule has 0 bridgehead atoms. The molecule has 4 heteroatoms. The number of amides is 1. The van der Waals surface area contributed by atoms with Gasteiger partial charge in [-0.3, -0.25) is 4.79 Å². The minimum Gasteiger partial charge on any atom is -0.367 e. The van der Waals surface area contributed by atoms with Crippen molar-refractivity contribution in [2.24, 2.45) is 11.0 Å². The zero-order chi connectivity index (χ0) is 8.85. The minimum absolute atomic E-state index is 0.0192. The fourth-order valence-corrected chi connectivity index (χ4v) is 0.337. The molecule has 0 rings (SSSR count). The predicted octanol–water partition coefficient (Wildman–Crippen LogP) is 0.263. The van der Waals surface area contributed by atoms with E-state index in [9.17, 15) is 4.79 Å². The van der Waals surface area contributed by atoms with Gasteiger partial charge in [0.1, 0.15) is 6.34 Å². The molecule has 0 unspecified atom stereocenters. The van der Waals surface area contributed by atoms with Crippen molar-refractivity contribution >= 4 is 12.2 Å². The third-order valence-electron chi connectivity index (χ3n) is 0.988. The smallest absolute Gasteiger partial charge is 0.242 e. The van der Waals surface area contributed by atoms with Gasteiger partial charge in [0.25, 0.3) is 0 Å². The molecule has 0 radical (unpaired) electrons. The zero-order valence-electron chi connectivity index (χ0n) is 7.46. The summed E-state index contributed by atoms with van der Waals surface area (Å²) in [5.41, 5.74) is 2.40. The summed E-state index contributed by atoms with van der Waals surface area (Å²) in [5.74, 6) is -0.0857. The van der Waals surface area contributed by atoms with Crippen molar-refractivity contribution in [3.05, 3.63) is 0 Å². The lowest BCUT2D eigenvalue weighted by Crippen LogP contribution is -2.24. The van der Waals surface area contributed by atoms with E-state index < -0.39 is 0 Å². The van der Waals surface area contributed by atoms with E-state index in [1.165, 1.54) is 0 Å². The van der Waals surface area contributed by atoms with Crippen LogP contribution in [0.4, 0.5) is 0 Å². The number of hydrogen-bond donors (Lipinski definition) is 1. The van der Waals surface area contributed by atoms with E-state index in [1.54, 1.807) is 11.2 Å². The first-order chi connectivity index (χ1) is 5.04. The van der Waals surface area contributed by atoms with Crippen LogP contribution in [0.5, 0.6) is 0 Å². The molecule has 11 heavy (non-hydrogen) atoms. The van der Waals surface area contributed by atoms with Gasteiger partial charge in [0, 0.05) is 20.0 Å². The van der Waals surface area contributed by atoms with Crippen LogP contribution in [0.15, 0.2) is 5.10 Å².